The number of aromatic nitrogens is 1. The Labute approximate surface area is 145 Å². The van der Waals surface area contributed by atoms with Crippen LogP contribution in [0.3, 0.4) is 0 Å². The van der Waals surface area contributed by atoms with E-state index in [0.29, 0.717) is 23.4 Å². The summed E-state index contributed by atoms with van der Waals surface area (Å²) in [6, 6.07) is 9.39. The van der Waals surface area contributed by atoms with Gasteiger partial charge in [-0.1, -0.05) is 11.6 Å². The average molecular weight is 340 g/mol. The highest BCUT2D eigenvalue weighted by molar-refractivity contribution is 5.97. The van der Waals surface area contributed by atoms with Crippen molar-refractivity contribution < 1.29 is 14.6 Å². The maximum Gasteiger partial charge on any atom is 0.222 e. The van der Waals surface area contributed by atoms with Crippen molar-refractivity contribution in [2.75, 3.05) is 14.2 Å². The summed E-state index contributed by atoms with van der Waals surface area (Å²) in [6.07, 6.45) is 0. The Morgan fingerprint density at radius 2 is 1.68 bits per heavy atom. The van der Waals surface area contributed by atoms with Crippen LogP contribution in [-0.2, 0) is 6.54 Å². The van der Waals surface area contributed by atoms with Crippen LogP contribution < -0.4 is 9.47 Å². The predicted octanol–water partition coefficient (Wildman–Crippen LogP) is 4.43. The number of ether oxygens (including phenoxy) is 2. The first-order valence-electron chi connectivity index (χ1n) is 7.86. The Morgan fingerprint density at radius 3 is 2.24 bits per heavy atom. The smallest absolute Gasteiger partial charge is 0.222 e. The van der Waals surface area contributed by atoms with Crippen molar-refractivity contribution in [3.8, 4) is 17.4 Å². The zero-order valence-corrected chi connectivity index (χ0v) is 14.7. The van der Waals surface area contributed by atoms with Gasteiger partial charge in [0.05, 0.1) is 26.3 Å². The number of aryl methyl sites for hydroxylation is 2. The molecule has 0 aliphatic carbocycles. The first kappa shape index (κ1) is 16.8. The quantitative estimate of drug-likeness (QED) is 0.698. The lowest BCUT2D eigenvalue weighted by molar-refractivity contribution is 0.392. The molecule has 0 bridgehead atoms. The number of aromatic hydroxyl groups is 1. The van der Waals surface area contributed by atoms with E-state index in [2.05, 4.69) is 5.18 Å². The molecule has 1 N–H and O–H groups in total. The van der Waals surface area contributed by atoms with E-state index in [0.717, 1.165) is 22.2 Å². The zero-order valence-electron chi connectivity index (χ0n) is 14.7. The molecule has 6 heteroatoms. The summed E-state index contributed by atoms with van der Waals surface area (Å²) in [7, 11) is 3.17. The molecule has 0 spiro atoms. The molecule has 0 fully saturated rings. The molecule has 0 saturated heterocycles. The molecule has 1 heterocycles. The second kappa shape index (κ2) is 6.47. The molecule has 3 rings (SSSR count). The number of rotatable bonds is 5. The van der Waals surface area contributed by atoms with E-state index in [4.69, 9.17) is 9.47 Å². The lowest BCUT2D eigenvalue weighted by atomic mass is 10.1. The van der Waals surface area contributed by atoms with Crippen LogP contribution >= 0.6 is 0 Å². The van der Waals surface area contributed by atoms with E-state index in [9.17, 15) is 10.0 Å². The van der Waals surface area contributed by atoms with Crippen LogP contribution in [0, 0.1) is 18.8 Å². The Bertz CT molecular complexity index is 938. The standard InChI is InChI=1S/C19H20N2O4/c1-11-5-12(2)18-16(6-11)17(20-23)19(22)21(18)10-13-7-14(24-3)9-15(8-13)25-4/h5-9,22H,10H2,1-4H3. The highest BCUT2D eigenvalue weighted by atomic mass is 16.5. The summed E-state index contributed by atoms with van der Waals surface area (Å²) in [6.45, 7) is 4.25. The number of hydrogen-bond acceptors (Lipinski definition) is 5. The minimum Gasteiger partial charge on any atom is -0.497 e. The molecule has 25 heavy (non-hydrogen) atoms. The number of hydrogen-bond donors (Lipinski definition) is 1. The molecule has 1 aromatic heterocycles. The minimum atomic E-state index is -0.138. The van der Waals surface area contributed by atoms with Gasteiger partial charge in [0.25, 0.3) is 0 Å². The third kappa shape index (κ3) is 2.91. The number of nitrogens with zero attached hydrogens (tertiary/aromatic N) is 2. The molecule has 0 unspecified atom stereocenters. The summed E-state index contributed by atoms with van der Waals surface area (Å²) < 4.78 is 12.3. The first-order chi connectivity index (χ1) is 12.0. The Hall–Kier alpha value is -3.02. The van der Waals surface area contributed by atoms with E-state index in [1.165, 1.54) is 0 Å². The summed E-state index contributed by atoms with van der Waals surface area (Å²) in [5.74, 6) is 1.18. The van der Waals surface area contributed by atoms with Gasteiger partial charge in [0.1, 0.15) is 11.5 Å². The van der Waals surface area contributed by atoms with Crippen LogP contribution in [0.1, 0.15) is 16.7 Å². The molecule has 0 aliphatic rings. The van der Waals surface area contributed by atoms with Crippen molar-refractivity contribution in [1.29, 1.82) is 0 Å². The fourth-order valence-electron chi connectivity index (χ4n) is 3.24. The SMILES string of the molecule is COc1cc(Cn2c(O)c(N=O)c3cc(C)cc(C)c32)cc(OC)c1. The van der Waals surface area contributed by atoms with Crippen LogP contribution in [0.15, 0.2) is 35.5 Å². The monoisotopic (exact) mass is 340 g/mol. The number of nitroso groups, excluding NO2 is 1. The summed E-state index contributed by atoms with van der Waals surface area (Å²) in [4.78, 5) is 11.3. The Kier molecular flexibility index (Phi) is 4.35. The van der Waals surface area contributed by atoms with Crippen molar-refractivity contribution >= 4 is 16.6 Å². The largest absolute Gasteiger partial charge is 0.497 e. The molecule has 0 amide bonds. The molecule has 130 valence electrons. The van der Waals surface area contributed by atoms with Gasteiger partial charge in [-0.05, 0) is 48.4 Å². The summed E-state index contributed by atoms with van der Waals surface area (Å²) in [5, 5.41) is 14.2. The molecule has 0 saturated carbocycles. The lowest BCUT2D eigenvalue weighted by Gasteiger charge is -2.12. The van der Waals surface area contributed by atoms with Crippen molar-refractivity contribution in [3.05, 3.63) is 51.9 Å². The Morgan fingerprint density at radius 1 is 1.04 bits per heavy atom. The van der Waals surface area contributed by atoms with E-state index in [1.54, 1.807) is 24.9 Å². The minimum absolute atomic E-state index is 0.0664. The summed E-state index contributed by atoms with van der Waals surface area (Å²) in [5.41, 5.74) is 3.71. The Balaban J connectivity index is 2.20. The van der Waals surface area contributed by atoms with Gasteiger partial charge < -0.3 is 19.1 Å². The highest BCUT2D eigenvalue weighted by Gasteiger charge is 2.20. The van der Waals surface area contributed by atoms with Crippen LogP contribution in [-0.4, -0.2) is 23.9 Å². The van der Waals surface area contributed by atoms with Gasteiger partial charge in [-0.15, -0.1) is 4.91 Å². The van der Waals surface area contributed by atoms with E-state index < -0.39 is 0 Å². The van der Waals surface area contributed by atoms with Crippen molar-refractivity contribution in [2.24, 2.45) is 5.18 Å². The van der Waals surface area contributed by atoms with Crippen LogP contribution in [0.5, 0.6) is 17.4 Å². The second-order valence-corrected chi connectivity index (χ2v) is 6.05. The van der Waals surface area contributed by atoms with Gasteiger partial charge in [-0.3, -0.25) is 0 Å². The molecule has 3 aromatic rings. The highest BCUT2D eigenvalue weighted by Crippen LogP contribution is 2.41. The maximum absolute atomic E-state index is 11.3. The fourth-order valence-corrected chi connectivity index (χ4v) is 3.24. The van der Waals surface area contributed by atoms with E-state index in [1.807, 2.05) is 38.1 Å². The molecular formula is C19H20N2O4. The van der Waals surface area contributed by atoms with Gasteiger partial charge in [0.15, 0.2) is 5.69 Å². The molecular weight excluding hydrogens is 320 g/mol. The topological polar surface area (TPSA) is 73.0 Å². The van der Waals surface area contributed by atoms with Crippen molar-refractivity contribution in [2.45, 2.75) is 20.4 Å². The molecule has 2 aromatic carbocycles. The van der Waals surface area contributed by atoms with Gasteiger partial charge in [-0.25, -0.2) is 0 Å². The lowest BCUT2D eigenvalue weighted by Crippen LogP contribution is -2.01. The third-order valence-electron chi connectivity index (χ3n) is 4.28. The van der Waals surface area contributed by atoms with E-state index in [-0.39, 0.29) is 11.6 Å². The van der Waals surface area contributed by atoms with E-state index >= 15 is 0 Å². The van der Waals surface area contributed by atoms with Crippen LogP contribution in [0.2, 0.25) is 0 Å². The number of methoxy groups -OCH3 is 2. The number of fused-ring (bicyclic) bond motifs is 1. The zero-order chi connectivity index (χ0) is 18.1. The molecule has 0 aliphatic heterocycles. The number of benzene rings is 2. The van der Waals surface area contributed by atoms with Gasteiger partial charge in [0.2, 0.25) is 5.88 Å². The predicted molar refractivity (Wildman–Crippen MR) is 97.2 cm³/mol. The summed E-state index contributed by atoms with van der Waals surface area (Å²) >= 11 is 0. The van der Waals surface area contributed by atoms with Crippen molar-refractivity contribution in [1.82, 2.24) is 4.57 Å². The van der Waals surface area contributed by atoms with Gasteiger partial charge in [0, 0.05) is 11.5 Å². The normalized spacial score (nSPS) is 10.9. The molecule has 0 atom stereocenters. The fraction of sp³-hybridized carbons (Fsp3) is 0.263. The van der Waals surface area contributed by atoms with Gasteiger partial charge in [-0.2, -0.15) is 0 Å². The van der Waals surface area contributed by atoms with Crippen LogP contribution in [0.4, 0.5) is 5.69 Å². The third-order valence-corrected chi connectivity index (χ3v) is 4.28. The first-order valence-corrected chi connectivity index (χ1v) is 7.86. The maximum atomic E-state index is 11.3. The second-order valence-electron chi connectivity index (χ2n) is 6.05. The van der Waals surface area contributed by atoms with Gasteiger partial charge >= 0.3 is 0 Å². The molecule has 6 nitrogen and oxygen atoms in total. The average Bonchev–Trinajstić information content (AvgIpc) is 2.85. The van der Waals surface area contributed by atoms with Crippen LogP contribution in [0.25, 0.3) is 10.9 Å². The van der Waals surface area contributed by atoms with Crippen molar-refractivity contribution in [3.63, 3.8) is 0 Å². The molecule has 0 radical (unpaired) electrons.